The van der Waals surface area contributed by atoms with Crippen molar-refractivity contribution in [1.29, 1.82) is 5.26 Å². The summed E-state index contributed by atoms with van der Waals surface area (Å²) in [5.74, 6) is 0. The molecule has 2 N–H and O–H groups in total. The molecule has 3 nitrogen and oxygen atoms in total. The summed E-state index contributed by atoms with van der Waals surface area (Å²) >= 11 is 0. The second-order valence-electron chi connectivity index (χ2n) is 5.15. The maximum atomic E-state index is 9.28. The predicted molar refractivity (Wildman–Crippen MR) is 81.3 cm³/mol. The van der Waals surface area contributed by atoms with Crippen molar-refractivity contribution in [2.24, 2.45) is 0 Å². The van der Waals surface area contributed by atoms with Gasteiger partial charge in [0, 0.05) is 12.2 Å². The third-order valence-corrected chi connectivity index (χ3v) is 3.88. The highest BCUT2D eigenvalue weighted by Crippen LogP contribution is 2.37. The lowest BCUT2D eigenvalue weighted by molar-refractivity contribution is 0.719. The van der Waals surface area contributed by atoms with Crippen LogP contribution in [0.15, 0.2) is 48.5 Å². The van der Waals surface area contributed by atoms with Crippen LogP contribution in [-0.2, 0) is 0 Å². The van der Waals surface area contributed by atoms with Gasteiger partial charge in [0.2, 0.25) is 0 Å². The number of nitriles is 1. The molecule has 100 valence electrons. The van der Waals surface area contributed by atoms with Gasteiger partial charge in [-0.2, -0.15) is 5.26 Å². The van der Waals surface area contributed by atoms with Gasteiger partial charge < -0.3 is 10.6 Å². The second kappa shape index (κ2) is 5.26. The standard InChI is InChI=1S/C17H17N3/c18-12-14-5-1-2-8-17(14)20-10-4-9-16(20)13-6-3-7-15(19)11-13/h1-3,5-8,11,16H,4,9-10,19H2. The number of para-hydroxylation sites is 1. The van der Waals surface area contributed by atoms with Gasteiger partial charge in [0.05, 0.1) is 17.3 Å². The van der Waals surface area contributed by atoms with Crippen LogP contribution in [0, 0.1) is 11.3 Å². The molecule has 20 heavy (non-hydrogen) atoms. The normalized spacial score (nSPS) is 17.9. The van der Waals surface area contributed by atoms with Gasteiger partial charge in [0.1, 0.15) is 6.07 Å². The van der Waals surface area contributed by atoms with Crippen molar-refractivity contribution >= 4 is 11.4 Å². The fraction of sp³-hybridized carbons (Fsp3) is 0.235. The zero-order valence-corrected chi connectivity index (χ0v) is 11.3. The van der Waals surface area contributed by atoms with Crippen molar-refractivity contribution < 1.29 is 0 Å². The molecule has 1 heterocycles. The van der Waals surface area contributed by atoms with E-state index in [2.05, 4.69) is 17.0 Å². The van der Waals surface area contributed by atoms with Gasteiger partial charge in [0.25, 0.3) is 0 Å². The maximum Gasteiger partial charge on any atom is 0.101 e. The topological polar surface area (TPSA) is 53.0 Å². The minimum Gasteiger partial charge on any atom is -0.399 e. The molecule has 1 unspecified atom stereocenters. The largest absolute Gasteiger partial charge is 0.399 e. The van der Waals surface area contributed by atoms with E-state index in [9.17, 15) is 5.26 Å². The van der Waals surface area contributed by atoms with E-state index < -0.39 is 0 Å². The molecule has 0 aliphatic carbocycles. The molecule has 1 saturated heterocycles. The zero-order chi connectivity index (χ0) is 13.9. The average molecular weight is 263 g/mol. The van der Waals surface area contributed by atoms with Gasteiger partial charge in [-0.1, -0.05) is 24.3 Å². The average Bonchev–Trinajstić information content (AvgIpc) is 2.96. The molecule has 0 amide bonds. The number of hydrogen-bond donors (Lipinski definition) is 1. The first-order chi connectivity index (χ1) is 9.79. The van der Waals surface area contributed by atoms with Crippen molar-refractivity contribution in [3.05, 3.63) is 59.7 Å². The molecule has 0 saturated carbocycles. The maximum absolute atomic E-state index is 9.28. The molecule has 1 aliphatic rings. The fourth-order valence-electron chi connectivity index (χ4n) is 2.99. The molecule has 1 atom stereocenters. The van der Waals surface area contributed by atoms with Crippen molar-refractivity contribution in [3.8, 4) is 6.07 Å². The Balaban J connectivity index is 1.99. The summed E-state index contributed by atoms with van der Waals surface area (Å²) in [6, 6.07) is 18.5. The minimum atomic E-state index is 0.313. The lowest BCUT2D eigenvalue weighted by Gasteiger charge is -2.28. The summed E-state index contributed by atoms with van der Waals surface area (Å²) in [4.78, 5) is 2.33. The van der Waals surface area contributed by atoms with Crippen LogP contribution >= 0.6 is 0 Å². The van der Waals surface area contributed by atoms with Gasteiger partial charge >= 0.3 is 0 Å². The van der Waals surface area contributed by atoms with Crippen LogP contribution in [0.2, 0.25) is 0 Å². The van der Waals surface area contributed by atoms with Gasteiger partial charge in [0.15, 0.2) is 0 Å². The Labute approximate surface area is 119 Å². The van der Waals surface area contributed by atoms with Crippen molar-refractivity contribution in [3.63, 3.8) is 0 Å². The van der Waals surface area contributed by atoms with E-state index in [-0.39, 0.29) is 0 Å². The van der Waals surface area contributed by atoms with E-state index in [4.69, 9.17) is 5.73 Å². The molecule has 3 heteroatoms. The van der Waals surface area contributed by atoms with Gasteiger partial charge in [-0.3, -0.25) is 0 Å². The summed E-state index contributed by atoms with van der Waals surface area (Å²) in [7, 11) is 0. The molecule has 0 radical (unpaired) electrons. The number of nitrogens with zero attached hydrogens (tertiary/aromatic N) is 2. The predicted octanol–water partition coefficient (Wildman–Crippen LogP) is 3.48. The lowest BCUT2D eigenvalue weighted by atomic mass is 10.0. The van der Waals surface area contributed by atoms with Gasteiger partial charge in [-0.05, 0) is 42.7 Å². The SMILES string of the molecule is N#Cc1ccccc1N1CCCC1c1cccc(N)c1. The summed E-state index contributed by atoms with van der Waals surface area (Å²) in [5.41, 5.74) is 9.69. The number of nitrogen functional groups attached to an aromatic ring is 1. The highest BCUT2D eigenvalue weighted by atomic mass is 15.2. The molecule has 2 aromatic carbocycles. The molecular weight excluding hydrogens is 246 g/mol. The van der Waals surface area contributed by atoms with Crippen LogP contribution < -0.4 is 10.6 Å². The minimum absolute atomic E-state index is 0.313. The molecule has 1 aliphatic heterocycles. The van der Waals surface area contributed by atoms with E-state index in [1.807, 2.05) is 42.5 Å². The summed E-state index contributed by atoms with van der Waals surface area (Å²) < 4.78 is 0. The van der Waals surface area contributed by atoms with Crippen LogP contribution in [0.5, 0.6) is 0 Å². The Kier molecular flexibility index (Phi) is 3.30. The van der Waals surface area contributed by atoms with Crippen LogP contribution in [-0.4, -0.2) is 6.54 Å². The monoisotopic (exact) mass is 263 g/mol. The summed E-state index contributed by atoms with van der Waals surface area (Å²) in [6.07, 6.45) is 2.24. The van der Waals surface area contributed by atoms with Gasteiger partial charge in [-0.15, -0.1) is 0 Å². The lowest BCUT2D eigenvalue weighted by Crippen LogP contribution is -2.23. The first-order valence-electron chi connectivity index (χ1n) is 6.91. The Morgan fingerprint density at radius 3 is 2.80 bits per heavy atom. The zero-order valence-electron chi connectivity index (χ0n) is 11.3. The molecule has 2 aromatic rings. The number of hydrogen-bond acceptors (Lipinski definition) is 3. The smallest absolute Gasteiger partial charge is 0.101 e. The fourth-order valence-corrected chi connectivity index (χ4v) is 2.99. The third-order valence-electron chi connectivity index (χ3n) is 3.88. The Hall–Kier alpha value is -2.47. The first kappa shape index (κ1) is 12.6. The third kappa shape index (κ3) is 2.21. The van der Waals surface area contributed by atoms with E-state index in [0.29, 0.717) is 6.04 Å². The number of rotatable bonds is 2. The van der Waals surface area contributed by atoms with Crippen LogP contribution in [0.25, 0.3) is 0 Å². The number of benzene rings is 2. The van der Waals surface area contributed by atoms with E-state index in [1.54, 1.807) is 0 Å². The van der Waals surface area contributed by atoms with Crippen LogP contribution in [0.3, 0.4) is 0 Å². The van der Waals surface area contributed by atoms with Gasteiger partial charge in [-0.25, -0.2) is 0 Å². The van der Waals surface area contributed by atoms with Crippen molar-refractivity contribution in [2.75, 3.05) is 17.2 Å². The Bertz CT molecular complexity index is 657. The number of nitrogens with two attached hydrogens (primary N) is 1. The summed E-state index contributed by atoms with van der Waals surface area (Å²) in [5, 5.41) is 9.28. The number of anilines is 2. The molecule has 0 aromatic heterocycles. The molecular formula is C17H17N3. The molecule has 1 fully saturated rings. The second-order valence-corrected chi connectivity index (χ2v) is 5.15. The highest BCUT2D eigenvalue weighted by molar-refractivity contribution is 5.61. The Morgan fingerprint density at radius 1 is 1.15 bits per heavy atom. The highest BCUT2D eigenvalue weighted by Gasteiger charge is 2.27. The summed E-state index contributed by atoms with van der Waals surface area (Å²) in [6.45, 7) is 0.984. The van der Waals surface area contributed by atoms with Crippen molar-refractivity contribution in [2.45, 2.75) is 18.9 Å². The van der Waals surface area contributed by atoms with E-state index in [0.717, 1.165) is 36.3 Å². The quantitative estimate of drug-likeness (QED) is 0.844. The van der Waals surface area contributed by atoms with E-state index in [1.165, 1.54) is 5.56 Å². The molecule has 0 spiro atoms. The van der Waals surface area contributed by atoms with Crippen LogP contribution in [0.4, 0.5) is 11.4 Å². The van der Waals surface area contributed by atoms with Crippen molar-refractivity contribution in [1.82, 2.24) is 0 Å². The molecule has 3 rings (SSSR count). The molecule has 0 bridgehead atoms. The Morgan fingerprint density at radius 2 is 2.00 bits per heavy atom. The first-order valence-corrected chi connectivity index (χ1v) is 6.91. The van der Waals surface area contributed by atoms with E-state index >= 15 is 0 Å². The van der Waals surface area contributed by atoms with Crippen LogP contribution in [0.1, 0.15) is 30.0 Å².